The van der Waals surface area contributed by atoms with Crippen molar-refractivity contribution in [2.45, 2.75) is 0 Å². The molecule has 1 aromatic carbocycles. The summed E-state index contributed by atoms with van der Waals surface area (Å²) < 4.78 is 0. The van der Waals surface area contributed by atoms with Gasteiger partial charge in [-0.1, -0.05) is 17.7 Å². The number of benzene rings is 1. The minimum atomic E-state index is 0.172. The molecule has 0 saturated heterocycles. The Morgan fingerprint density at radius 2 is 1.81 bits per heavy atom. The van der Waals surface area contributed by atoms with E-state index in [0.29, 0.717) is 10.6 Å². The summed E-state index contributed by atoms with van der Waals surface area (Å²) in [4.78, 5) is 18.6. The molecule has 2 aromatic rings. The van der Waals surface area contributed by atoms with Crippen LogP contribution in [0.1, 0.15) is 10.4 Å². The highest BCUT2D eigenvalue weighted by Crippen LogP contribution is 2.24. The monoisotopic (exact) mass is 252 g/mol. The summed E-state index contributed by atoms with van der Waals surface area (Å²) >= 11 is 11.4. The lowest BCUT2D eigenvalue weighted by atomic mass is 10.0. The van der Waals surface area contributed by atoms with Gasteiger partial charge < -0.3 is 0 Å². The third-order valence-corrected chi connectivity index (χ3v) is 2.50. The molecule has 0 fully saturated rings. The smallest absolute Gasteiger partial charge is 0.222 e. The topological polar surface area (TPSA) is 42.9 Å². The van der Waals surface area contributed by atoms with E-state index in [4.69, 9.17) is 23.2 Å². The Balaban J connectivity index is 2.55. The van der Waals surface area contributed by atoms with Crippen LogP contribution in [0.2, 0.25) is 10.3 Å². The first kappa shape index (κ1) is 11.0. The second-order valence-corrected chi connectivity index (χ2v) is 3.86. The van der Waals surface area contributed by atoms with Crippen LogP contribution in [0.15, 0.2) is 30.6 Å². The fraction of sp³-hybridized carbons (Fsp3) is 0. The van der Waals surface area contributed by atoms with E-state index in [1.807, 2.05) is 0 Å². The predicted molar refractivity (Wildman–Crippen MR) is 62.9 cm³/mol. The Morgan fingerprint density at radius 3 is 2.44 bits per heavy atom. The largest absolute Gasteiger partial charge is 0.298 e. The number of nitrogens with zero attached hydrogens (tertiary/aromatic N) is 2. The van der Waals surface area contributed by atoms with E-state index in [9.17, 15) is 4.79 Å². The van der Waals surface area contributed by atoms with Crippen molar-refractivity contribution in [3.8, 4) is 11.1 Å². The van der Waals surface area contributed by atoms with Crippen LogP contribution >= 0.6 is 23.2 Å². The third kappa shape index (κ3) is 2.21. The molecule has 0 N–H and O–H groups in total. The number of aromatic nitrogens is 2. The lowest BCUT2D eigenvalue weighted by Crippen LogP contribution is -1.90. The van der Waals surface area contributed by atoms with Gasteiger partial charge in [0.05, 0.1) is 0 Å². The number of carbonyl (C=O) groups is 1. The van der Waals surface area contributed by atoms with Crippen molar-refractivity contribution < 1.29 is 4.79 Å². The molecule has 5 heteroatoms. The molecule has 1 heterocycles. The van der Waals surface area contributed by atoms with Gasteiger partial charge in [0.15, 0.2) is 6.29 Å². The first-order valence-corrected chi connectivity index (χ1v) is 5.19. The van der Waals surface area contributed by atoms with E-state index in [1.54, 1.807) is 30.6 Å². The Hall–Kier alpha value is -1.45. The highest BCUT2D eigenvalue weighted by Gasteiger charge is 2.06. The molecule has 0 aliphatic carbocycles. The van der Waals surface area contributed by atoms with Crippen molar-refractivity contribution in [1.29, 1.82) is 0 Å². The van der Waals surface area contributed by atoms with Crippen molar-refractivity contribution in [3.63, 3.8) is 0 Å². The normalized spacial score (nSPS) is 10.1. The molecule has 0 bridgehead atoms. The van der Waals surface area contributed by atoms with Crippen LogP contribution in [0.4, 0.5) is 0 Å². The van der Waals surface area contributed by atoms with Gasteiger partial charge in [-0.25, -0.2) is 9.97 Å². The van der Waals surface area contributed by atoms with Crippen LogP contribution in [-0.4, -0.2) is 16.3 Å². The Labute approximate surface area is 102 Å². The number of halogens is 2. The van der Waals surface area contributed by atoms with Gasteiger partial charge in [-0.15, -0.1) is 0 Å². The number of rotatable bonds is 2. The zero-order chi connectivity index (χ0) is 11.5. The molecule has 0 aliphatic heterocycles. The van der Waals surface area contributed by atoms with Gasteiger partial charge in [-0.2, -0.15) is 0 Å². The van der Waals surface area contributed by atoms with E-state index < -0.39 is 0 Å². The summed E-state index contributed by atoms with van der Waals surface area (Å²) in [6, 6.07) is 5.05. The van der Waals surface area contributed by atoms with Gasteiger partial charge in [-0.05, 0) is 29.3 Å². The molecule has 3 nitrogen and oxygen atoms in total. The lowest BCUT2D eigenvalue weighted by Gasteiger charge is -2.04. The summed E-state index contributed by atoms with van der Waals surface area (Å²) in [7, 11) is 0. The maximum atomic E-state index is 10.9. The van der Waals surface area contributed by atoms with Gasteiger partial charge in [0.2, 0.25) is 5.28 Å². The maximum Gasteiger partial charge on any atom is 0.222 e. The predicted octanol–water partition coefficient (Wildman–Crippen LogP) is 3.26. The average Bonchev–Trinajstić information content (AvgIpc) is 2.30. The molecule has 0 amide bonds. The molecule has 0 saturated carbocycles. The van der Waals surface area contributed by atoms with E-state index in [1.165, 1.54) is 0 Å². The van der Waals surface area contributed by atoms with Crippen molar-refractivity contribution in [2.24, 2.45) is 0 Å². The molecule has 0 radical (unpaired) electrons. The number of carbonyl (C=O) groups excluding carboxylic acids is 1. The summed E-state index contributed by atoms with van der Waals surface area (Å²) in [5.41, 5.74) is 1.96. The van der Waals surface area contributed by atoms with Gasteiger partial charge >= 0.3 is 0 Å². The first-order valence-electron chi connectivity index (χ1n) is 4.43. The van der Waals surface area contributed by atoms with E-state index >= 15 is 0 Å². The second kappa shape index (κ2) is 4.60. The molecular weight excluding hydrogens is 247 g/mol. The standard InChI is InChI=1S/C11H6Cl2N2O/c12-9-1-2-10(7(3-9)6-16)8-4-14-11(13)15-5-8/h1-6H. The third-order valence-electron chi connectivity index (χ3n) is 2.07. The van der Waals surface area contributed by atoms with Crippen molar-refractivity contribution >= 4 is 29.5 Å². The summed E-state index contributed by atoms with van der Waals surface area (Å²) in [6.45, 7) is 0. The molecular formula is C11H6Cl2N2O. The quantitative estimate of drug-likeness (QED) is 0.609. The van der Waals surface area contributed by atoms with Crippen molar-refractivity contribution in [1.82, 2.24) is 9.97 Å². The molecule has 80 valence electrons. The molecule has 0 aliphatic rings. The number of hydrogen-bond donors (Lipinski definition) is 0. The average molecular weight is 253 g/mol. The van der Waals surface area contributed by atoms with Crippen LogP contribution in [0.3, 0.4) is 0 Å². The number of hydrogen-bond acceptors (Lipinski definition) is 3. The second-order valence-electron chi connectivity index (χ2n) is 3.09. The number of aldehydes is 1. The Bertz CT molecular complexity index is 526. The highest BCUT2D eigenvalue weighted by molar-refractivity contribution is 6.31. The summed E-state index contributed by atoms with van der Waals surface area (Å²) in [5, 5.41) is 0.686. The van der Waals surface area contributed by atoms with Crippen molar-refractivity contribution in [3.05, 3.63) is 46.5 Å². The van der Waals surface area contributed by atoms with Crippen LogP contribution < -0.4 is 0 Å². The molecule has 0 unspecified atom stereocenters. The molecule has 2 rings (SSSR count). The summed E-state index contributed by atoms with van der Waals surface area (Å²) in [6.07, 6.45) is 3.87. The van der Waals surface area contributed by atoms with Crippen molar-refractivity contribution in [2.75, 3.05) is 0 Å². The van der Waals surface area contributed by atoms with Gasteiger partial charge in [0, 0.05) is 28.5 Å². The fourth-order valence-electron chi connectivity index (χ4n) is 1.35. The Kier molecular flexibility index (Phi) is 3.17. The molecule has 16 heavy (non-hydrogen) atoms. The van der Waals surface area contributed by atoms with E-state index in [-0.39, 0.29) is 5.28 Å². The maximum absolute atomic E-state index is 10.9. The lowest BCUT2D eigenvalue weighted by molar-refractivity contribution is 0.112. The highest BCUT2D eigenvalue weighted by atomic mass is 35.5. The molecule has 1 aromatic heterocycles. The van der Waals surface area contributed by atoms with E-state index in [2.05, 4.69) is 9.97 Å². The minimum absolute atomic E-state index is 0.172. The first-order chi connectivity index (χ1) is 7.70. The minimum Gasteiger partial charge on any atom is -0.298 e. The van der Waals surface area contributed by atoms with Gasteiger partial charge in [0.25, 0.3) is 0 Å². The summed E-state index contributed by atoms with van der Waals surface area (Å²) in [5.74, 6) is 0. The van der Waals surface area contributed by atoms with E-state index in [0.717, 1.165) is 17.4 Å². The van der Waals surface area contributed by atoms with Gasteiger partial charge in [-0.3, -0.25) is 4.79 Å². The van der Waals surface area contributed by atoms with Crippen LogP contribution in [0.25, 0.3) is 11.1 Å². The SMILES string of the molecule is O=Cc1cc(Cl)ccc1-c1cnc(Cl)nc1. The molecule has 0 spiro atoms. The van der Waals surface area contributed by atoms with Gasteiger partial charge in [0.1, 0.15) is 0 Å². The zero-order valence-electron chi connectivity index (χ0n) is 8.02. The van der Waals surface area contributed by atoms with Crippen LogP contribution in [0.5, 0.6) is 0 Å². The Morgan fingerprint density at radius 1 is 1.12 bits per heavy atom. The zero-order valence-corrected chi connectivity index (χ0v) is 9.53. The van der Waals surface area contributed by atoms with Crippen LogP contribution in [0, 0.1) is 0 Å². The fourth-order valence-corrected chi connectivity index (χ4v) is 1.62. The molecule has 0 atom stereocenters. The van der Waals surface area contributed by atoms with Crippen LogP contribution in [-0.2, 0) is 0 Å².